The molecule has 0 atom stereocenters. The number of aryl methyl sites for hydroxylation is 1. The summed E-state index contributed by atoms with van der Waals surface area (Å²) in [5.41, 5.74) is 1.40. The molecule has 2 rings (SSSR count). The maximum absolute atomic E-state index is 11.1. The molecule has 0 radical (unpaired) electrons. The Bertz CT molecular complexity index is 531. The number of para-hydroxylation sites is 1. The monoisotopic (exact) mass is 315 g/mol. The Kier molecular flexibility index (Phi) is 2.68. The lowest BCUT2D eigenvalue weighted by Gasteiger charge is -2.01. The van der Waals surface area contributed by atoms with Gasteiger partial charge in [0, 0.05) is 17.4 Å². The Morgan fingerprint density at radius 3 is 2.73 bits per heavy atom. The minimum Gasteiger partial charge on any atom is -0.478 e. The van der Waals surface area contributed by atoms with Crippen molar-refractivity contribution < 1.29 is 9.90 Å². The molecule has 78 valence electrons. The average Bonchev–Trinajstić information content (AvgIpc) is 2.49. The Balaban J connectivity index is 2.91. The number of benzene rings is 1. The number of carboxylic acids is 1. The topological polar surface area (TPSA) is 42.2 Å². The number of halogens is 1. The average molecular weight is 315 g/mol. The van der Waals surface area contributed by atoms with Crippen LogP contribution in [0.15, 0.2) is 24.3 Å². The second kappa shape index (κ2) is 3.84. The molecule has 0 saturated heterocycles. The Labute approximate surface area is 101 Å². The van der Waals surface area contributed by atoms with Crippen LogP contribution in [-0.4, -0.2) is 15.6 Å². The van der Waals surface area contributed by atoms with Gasteiger partial charge in [0.2, 0.25) is 0 Å². The summed E-state index contributed by atoms with van der Waals surface area (Å²) < 4.78 is 2.81. The van der Waals surface area contributed by atoms with Crippen LogP contribution in [0.25, 0.3) is 10.9 Å². The van der Waals surface area contributed by atoms with Crippen LogP contribution in [0, 0.1) is 3.70 Å². The van der Waals surface area contributed by atoms with Crippen molar-refractivity contribution >= 4 is 39.5 Å². The van der Waals surface area contributed by atoms with Gasteiger partial charge in [-0.2, -0.15) is 0 Å². The van der Waals surface area contributed by atoms with Crippen LogP contribution >= 0.6 is 22.6 Å². The number of hydrogen-bond acceptors (Lipinski definition) is 1. The number of aromatic carboxylic acids is 1. The smallest absolute Gasteiger partial charge is 0.339 e. The number of aromatic nitrogens is 1. The van der Waals surface area contributed by atoms with E-state index in [0.717, 1.165) is 21.1 Å². The van der Waals surface area contributed by atoms with Crippen molar-refractivity contribution in [3.8, 4) is 0 Å². The first kappa shape index (κ1) is 10.5. The summed E-state index contributed by atoms with van der Waals surface area (Å²) in [7, 11) is 0. The molecule has 0 fully saturated rings. The van der Waals surface area contributed by atoms with Gasteiger partial charge in [-0.05, 0) is 35.6 Å². The summed E-state index contributed by atoms with van der Waals surface area (Å²) in [5, 5.41) is 9.97. The fourth-order valence-corrected chi connectivity index (χ4v) is 2.91. The van der Waals surface area contributed by atoms with Gasteiger partial charge in [0.05, 0.1) is 9.26 Å². The molecule has 0 bridgehead atoms. The van der Waals surface area contributed by atoms with Gasteiger partial charge in [-0.3, -0.25) is 0 Å². The van der Waals surface area contributed by atoms with E-state index in [2.05, 4.69) is 22.6 Å². The second-order valence-corrected chi connectivity index (χ2v) is 4.25. The highest BCUT2D eigenvalue weighted by Gasteiger charge is 2.18. The predicted octanol–water partition coefficient (Wildman–Crippen LogP) is 2.96. The van der Waals surface area contributed by atoms with E-state index in [-0.39, 0.29) is 0 Å². The van der Waals surface area contributed by atoms with Gasteiger partial charge in [-0.1, -0.05) is 18.2 Å². The molecular weight excluding hydrogens is 305 g/mol. The van der Waals surface area contributed by atoms with E-state index in [0.29, 0.717) is 5.56 Å². The molecule has 0 aliphatic carbocycles. The molecule has 0 amide bonds. The van der Waals surface area contributed by atoms with Gasteiger partial charge >= 0.3 is 5.97 Å². The van der Waals surface area contributed by atoms with E-state index < -0.39 is 5.97 Å². The SMILES string of the molecule is CCn1c(I)c(C(=O)O)c2ccccc21. The quantitative estimate of drug-likeness (QED) is 0.866. The first-order valence-corrected chi connectivity index (χ1v) is 5.74. The molecule has 3 nitrogen and oxygen atoms in total. The Morgan fingerprint density at radius 2 is 2.13 bits per heavy atom. The fraction of sp³-hybridized carbons (Fsp3) is 0.182. The zero-order valence-electron chi connectivity index (χ0n) is 8.20. The van der Waals surface area contributed by atoms with Crippen LogP contribution in [0.2, 0.25) is 0 Å². The lowest BCUT2D eigenvalue weighted by molar-refractivity contribution is 0.0697. The zero-order chi connectivity index (χ0) is 11.0. The molecule has 1 aromatic carbocycles. The van der Waals surface area contributed by atoms with E-state index in [1.807, 2.05) is 35.8 Å². The van der Waals surface area contributed by atoms with Crippen molar-refractivity contribution in [1.82, 2.24) is 4.57 Å². The highest BCUT2D eigenvalue weighted by Crippen LogP contribution is 2.27. The summed E-state index contributed by atoms with van der Waals surface area (Å²) >= 11 is 2.09. The summed E-state index contributed by atoms with van der Waals surface area (Å²) in [6.45, 7) is 2.80. The number of carboxylic acid groups (broad SMARTS) is 1. The van der Waals surface area contributed by atoms with Crippen LogP contribution in [0.3, 0.4) is 0 Å². The maximum Gasteiger partial charge on any atom is 0.339 e. The molecule has 0 spiro atoms. The van der Waals surface area contributed by atoms with Crippen molar-refractivity contribution in [2.75, 3.05) is 0 Å². The van der Waals surface area contributed by atoms with Crippen molar-refractivity contribution in [1.29, 1.82) is 0 Å². The molecule has 4 heteroatoms. The molecule has 0 saturated carbocycles. The molecule has 15 heavy (non-hydrogen) atoms. The molecular formula is C11H10INO2. The zero-order valence-corrected chi connectivity index (χ0v) is 10.4. The number of hydrogen-bond donors (Lipinski definition) is 1. The summed E-state index contributed by atoms with van der Waals surface area (Å²) in [6.07, 6.45) is 0. The summed E-state index contributed by atoms with van der Waals surface area (Å²) in [5.74, 6) is -0.859. The third-order valence-corrected chi connectivity index (χ3v) is 3.56. The standard InChI is InChI=1S/C11H10INO2/c1-2-13-8-6-4-3-5-7(8)9(10(13)12)11(14)15/h3-6H,2H2,1H3,(H,14,15). The van der Waals surface area contributed by atoms with Gasteiger partial charge in [0.1, 0.15) is 0 Å². The lowest BCUT2D eigenvalue weighted by Crippen LogP contribution is -2.01. The highest BCUT2D eigenvalue weighted by molar-refractivity contribution is 14.1. The van der Waals surface area contributed by atoms with Crippen molar-refractivity contribution in [3.63, 3.8) is 0 Å². The molecule has 0 aliphatic heterocycles. The predicted molar refractivity (Wildman–Crippen MR) is 67.3 cm³/mol. The largest absolute Gasteiger partial charge is 0.478 e. The van der Waals surface area contributed by atoms with Gasteiger partial charge in [-0.25, -0.2) is 4.79 Å². The molecule has 0 aliphatic rings. The molecule has 1 N–H and O–H groups in total. The number of nitrogens with zero attached hydrogens (tertiary/aromatic N) is 1. The van der Waals surface area contributed by atoms with Crippen LogP contribution in [0.4, 0.5) is 0 Å². The molecule has 1 aromatic heterocycles. The summed E-state index contributed by atoms with van der Waals surface area (Å²) in [6, 6.07) is 7.60. The fourth-order valence-electron chi connectivity index (χ4n) is 1.78. The second-order valence-electron chi connectivity index (χ2n) is 3.23. The first-order valence-electron chi connectivity index (χ1n) is 4.66. The number of fused-ring (bicyclic) bond motifs is 1. The normalized spacial score (nSPS) is 10.8. The number of carbonyl (C=O) groups is 1. The van der Waals surface area contributed by atoms with E-state index in [4.69, 9.17) is 5.11 Å². The van der Waals surface area contributed by atoms with E-state index >= 15 is 0 Å². The van der Waals surface area contributed by atoms with Gasteiger partial charge in [-0.15, -0.1) is 0 Å². The van der Waals surface area contributed by atoms with Crippen molar-refractivity contribution in [2.45, 2.75) is 13.5 Å². The van der Waals surface area contributed by atoms with Gasteiger partial charge in [0.25, 0.3) is 0 Å². The minimum absolute atomic E-state index is 0.410. The van der Waals surface area contributed by atoms with Gasteiger partial charge in [0.15, 0.2) is 0 Å². The third-order valence-electron chi connectivity index (χ3n) is 2.44. The Morgan fingerprint density at radius 1 is 1.47 bits per heavy atom. The van der Waals surface area contributed by atoms with E-state index in [9.17, 15) is 4.79 Å². The van der Waals surface area contributed by atoms with E-state index in [1.165, 1.54) is 0 Å². The van der Waals surface area contributed by atoms with E-state index in [1.54, 1.807) is 0 Å². The molecule has 2 aromatic rings. The maximum atomic E-state index is 11.1. The Hall–Kier alpha value is -1.04. The van der Waals surface area contributed by atoms with Crippen LogP contribution in [0.1, 0.15) is 17.3 Å². The van der Waals surface area contributed by atoms with Crippen molar-refractivity contribution in [2.24, 2.45) is 0 Å². The van der Waals surface area contributed by atoms with Crippen LogP contribution < -0.4 is 0 Å². The minimum atomic E-state index is -0.859. The molecule has 1 heterocycles. The molecule has 0 unspecified atom stereocenters. The third kappa shape index (κ3) is 1.52. The summed E-state index contributed by atoms with van der Waals surface area (Å²) in [4.78, 5) is 11.1. The first-order chi connectivity index (χ1) is 7.16. The van der Waals surface area contributed by atoms with Crippen LogP contribution in [0.5, 0.6) is 0 Å². The number of rotatable bonds is 2. The van der Waals surface area contributed by atoms with Gasteiger partial charge < -0.3 is 9.67 Å². The van der Waals surface area contributed by atoms with Crippen LogP contribution in [-0.2, 0) is 6.54 Å². The lowest BCUT2D eigenvalue weighted by atomic mass is 10.2. The highest BCUT2D eigenvalue weighted by atomic mass is 127. The van der Waals surface area contributed by atoms with Crippen molar-refractivity contribution in [3.05, 3.63) is 33.5 Å².